The molecule has 0 heterocycles. The molecule has 0 radical (unpaired) electrons. The predicted molar refractivity (Wildman–Crippen MR) is 109 cm³/mol. The van der Waals surface area contributed by atoms with Crippen molar-refractivity contribution < 1.29 is 24.2 Å². The number of halogens is 1. The Morgan fingerprint density at radius 1 is 1.11 bits per heavy atom. The van der Waals surface area contributed by atoms with Crippen molar-refractivity contribution in [1.29, 1.82) is 0 Å². The summed E-state index contributed by atoms with van der Waals surface area (Å²) >= 11 is 7.32. The predicted octanol–water partition coefficient (Wildman–Crippen LogP) is 3.66. The summed E-state index contributed by atoms with van der Waals surface area (Å²) in [5.41, 5.74) is 1.05. The summed E-state index contributed by atoms with van der Waals surface area (Å²) in [6, 6.07) is 11.8. The summed E-state index contributed by atoms with van der Waals surface area (Å²) in [5, 5.41) is 14.2. The number of benzene rings is 2. The Kier molecular flexibility index (Phi) is 7.91. The molecule has 0 saturated heterocycles. The number of nitrogens with one attached hydrogen (secondary N) is 2. The maximum Gasteiger partial charge on any atom is 0.328 e. The van der Waals surface area contributed by atoms with E-state index in [1.165, 1.54) is 18.9 Å². The summed E-state index contributed by atoms with van der Waals surface area (Å²) < 4.78 is 5.06. The molecular weight excluding hydrogens is 404 g/mol. The van der Waals surface area contributed by atoms with Gasteiger partial charge in [-0.15, -0.1) is 11.8 Å². The molecule has 0 aliphatic carbocycles. The molecule has 3 N–H and O–H groups in total. The highest BCUT2D eigenvalue weighted by atomic mass is 35.5. The first-order valence-corrected chi connectivity index (χ1v) is 9.32. The number of ether oxygens (including phenoxy) is 1. The molecule has 0 unspecified atom stereocenters. The van der Waals surface area contributed by atoms with Gasteiger partial charge in [0.15, 0.2) is 0 Å². The van der Waals surface area contributed by atoms with Crippen LogP contribution in [0.3, 0.4) is 0 Å². The number of thioether (sulfide) groups is 1. The van der Waals surface area contributed by atoms with E-state index in [1.54, 1.807) is 42.5 Å². The summed E-state index contributed by atoms with van der Waals surface area (Å²) in [5.74, 6) is -1.31. The lowest BCUT2D eigenvalue weighted by atomic mass is 10.3. The van der Waals surface area contributed by atoms with Crippen LogP contribution in [0.2, 0.25) is 5.02 Å². The van der Waals surface area contributed by atoms with Crippen LogP contribution in [0.15, 0.2) is 59.5 Å². The largest absolute Gasteiger partial charge is 0.495 e. The lowest BCUT2D eigenvalue weighted by Gasteiger charge is -2.09. The van der Waals surface area contributed by atoms with Crippen molar-refractivity contribution >= 4 is 52.5 Å². The number of amides is 2. The van der Waals surface area contributed by atoms with Crippen molar-refractivity contribution in [3.05, 3.63) is 59.6 Å². The SMILES string of the molecule is COc1ccc(NC(=O)CSc2cccc(NC(=O)/C=C/C(=O)O)c2)cc1Cl. The zero-order valence-corrected chi connectivity index (χ0v) is 16.3. The minimum Gasteiger partial charge on any atom is -0.495 e. The smallest absolute Gasteiger partial charge is 0.328 e. The number of carbonyl (C=O) groups is 3. The number of hydrogen-bond donors (Lipinski definition) is 3. The van der Waals surface area contributed by atoms with Gasteiger partial charge in [0.25, 0.3) is 0 Å². The monoisotopic (exact) mass is 420 g/mol. The van der Waals surface area contributed by atoms with Crippen LogP contribution >= 0.6 is 23.4 Å². The maximum absolute atomic E-state index is 12.1. The number of methoxy groups -OCH3 is 1. The lowest BCUT2D eigenvalue weighted by Crippen LogP contribution is -2.14. The first-order chi connectivity index (χ1) is 13.4. The number of carbonyl (C=O) groups excluding carboxylic acids is 2. The van der Waals surface area contributed by atoms with Gasteiger partial charge in [0.05, 0.1) is 17.9 Å². The van der Waals surface area contributed by atoms with Crippen molar-refractivity contribution in [2.75, 3.05) is 23.5 Å². The Balaban J connectivity index is 1.90. The molecule has 2 aromatic rings. The number of carboxylic acids is 1. The topological polar surface area (TPSA) is 105 Å². The van der Waals surface area contributed by atoms with Crippen molar-refractivity contribution in [2.45, 2.75) is 4.90 Å². The zero-order chi connectivity index (χ0) is 20.5. The molecule has 146 valence electrons. The van der Waals surface area contributed by atoms with Crippen LogP contribution in [0.1, 0.15) is 0 Å². The quantitative estimate of drug-likeness (QED) is 0.444. The fourth-order valence-electron chi connectivity index (χ4n) is 2.08. The first-order valence-electron chi connectivity index (χ1n) is 7.95. The van der Waals surface area contributed by atoms with E-state index in [1.807, 2.05) is 0 Å². The van der Waals surface area contributed by atoms with E-state index in [0.29, 0.717) is 22.1 Å². The summed E-state index contributed by atoms with van der Waals surface area (Å²) in [7, 11) is 1.51. The molecule has 2 rings (SSSR count). The standard InChI is InChI=1S/C19H17ClN2O5S/c1-27-16-6-5-13(10-15(16)20)22-18(24)11-28-14-4-2-3-12(9-14)21-17(23)7-8-19(25)26/h2-10H,11H2,1H3,(H,21,23)(H,22,24)(H,25,26)/b8-7+. The number of aliphatic carboxylic acids is 1. The number of rotatable bonds is 8. The molecule has 0 aliphatic heterocycles. The van der Waals surface area contributed by atoms with E-state index in [9.17, 15) is 14.4 Å². The number of anilines is 2. The third-order valence-electron chi connectivity index (χ3n) is 3.28. The van der Waals surface area contributed by atoms with Crippen LogP contribution in [-0.2, 0) is 14.4 Å². The van der Waals surface area contributed by atoms with Crippen LogP contribution < -0.4 is 15.4 Å². The molecule has 28 heavy (non-hydrogen) atoms. The van der Waals surface area contributed by atoms with E-state index >= 15 is 0 Å². The Hall–Kier alpha value is -2.97. The van der Waals surface area contributed by atoms with Gasteiger partial charge in [0, 0.05) is 28.4 Å². The Morgan fingerprint density at radius 3 is 2.54 bits per heavy atom. The van der Waals surface area contributed by atoms with Gasteiger partial charge in [0.1, 0.15) is 5.75 Å². The molecule has 2 amide bonds. The molecule has 0 aliphatic rings. The van der Waals surface area contributed by atoms with Gasteiger partial charge >= 0.3 is 5.97 Å². The summed E-state index contributed by atoms with van der Waals surface area (Å²) in [6.07, 6.45) is 1.68. The molecule has 9 heteroatoms. The zero-order valence-electron chi connectivity index (χ0n) is 14.8. The number of carboxylic acid groups (broad SMARTS) is 1. The third-order valence-corrected chi connectivity index (χ3v) is 4.57. The van der Waals surface area contributed by atoms with Crippen LogP contribution in [0.4, 0.5) is 11.4 Å². The fraction of sp³-hybridized carbons (Fsp3) is 0.105. The maximum atomic E-state index is 12.1. The molecular formula is C19H17ClN2O5S. The second kappa shape index (κ2) is 10.4. The molecule has 0 bridgehead atoms. The van der Waals surface area contributed by atoms with Crippen molar-refractivity contribution in [1.82, 2.24) is 0 Å². The van der Waals surface area contributed by atoms with Crippen LogP contribution in [0.5, 0.6) is 5.75 Å². The van der Waals surface area contributed by atoms with E-state index < -0.39 is 11.9 Å². The van der Waals surface area contributed by atoms with Crippen molar-refractivity contribution in [3.8, 4) is 5.75 Å². The highest BCUT2D eigenvalue weighted by Crippen LogP contribution is 2.27. The minimum absolute atomic E-state index is 0.153. The first kappa shape index (κ1) is 21.3. The van der Waals surface area contributed by atoms with Gasteiger partial charge in [-0.25, -0.2) is 4.79 Å². The van der Waals surface area contributed by atoms with Crippen molar-refractivity contribution in [3.63, 3.8) is 0 Å². The molecule has 0 saturated carbocycles. The minimum atomic E-state index is -1.20. The van der Waals surface area contributed by atoms with Crippen LogP contribution in [0, 0.1) is 0 Å². The van der Waals surface area contributed by atoms with Gasteiger partial charge in [0.2, 0.25) is 11.8 Å². The molecule has 0 fully saturated rings. The van der Waals surface area contributed by atoms with Gasteiger partial charge in [-0.1, -0.05) is 17.7 Å². The molecule has 0 aromatic heterocycles. The molecule has 7 nitrogen and oxygen atoms in total. The van der Waals surface area contributed by atoms with Gasteiger partial charge in [-0.3, -0.25) is 9.59 Å². The van der Waals surface area contributed by atoms with E-state index in [0.717, 1.165) is 17.0 Å². The fourth-order valence-corrected chi connectivity index (χ4v) is 3.10. The van der Waals surface area contributed by atoms with E-state index in [2.05, 4.69) is 10.6 Å². The molecule has 0 spiro atoms. The van der Waals surface area contributed by atoms with Crippen molar-refractivity contribution in [2.24, 2.45) is 0 Å². The number of hydrogen-bond acceptors (Lipinski definition) is 5. The van der Waals surface area contributed by atoms with E-state index in [4.69, 9.17) is 21.4 Å². The van der Waals surface area contributed by atoms with Gasteiger partial charge < -0.3 is 20.5 Å². The molecule has 2 aromatic carbocycles. The Labute approximate surface area is 170 Å². The van der Waals surface area contributed by atoms with Crippen LogP contribution in [0.25, 0.3) is 0 Å². The molecule has 0 atom stereocenters. The Bertz CT molecular complexity index is 917. The third kappa shape index (κ3) is 6.98. The Morgan fingerprint density at radius 2 is 1.86 bits per heavy atom. The normalized spacial score (nSPS) is 10.5. The average molecular weight is 421 g/mol. The summed E-state index contributed by atoms with van der Waals surface area (Å²) in [4.78, 5) is 34.9. The second-order valence-corrected chi connectivity index (χ2v) is 6.83. The van der Waals surface area contributed by atoms with Gasteiger partial charge in [-0.05, 0) is 36.4 Å². The highest BCUT2D eigenvalue weighted by Gasteiger charge is 2.07. The second-order valence-electron chi connectivity index (χ2n) is 5.37. The average Bonchev–Trinajstić information content (AvgIpc) is 2.65. The van der Waals surface area contributed by atoms with E-state index in [-0.39, 0.29) is 11.7 Å². The summed E-state index contributed by atoms with van der Waals surface area (Å²) in [6.45, 7) is 0. The lowest BCUT2D eigenvalue weighted by molar-refractivity contribution is -0.131. The van der Waals surface area contributed by atoms with Gasteiger partial charge in [-0.2, -0.15) is 0 Å². The highest BCUT2D eigenvalue weighted by molar-refractivity contribution is 8.00. The van der Waals surface area contributed by atoms with Crippen LogP contribution in [-0.4, -0.2) is 35.8 Å².